The minimum absolute atomic E-state index is 0.146. The maximum atomic E-state index is 12.6. The van der Waals surface area contributed by atoms with Gasteiger partial charge in [0.1, 0.15) is 11.6 Å². The molecule has 0 aliphatic carbocycles. The average Bonchev–Trinajstić information content (AvgIpc) is 2.94. The largest absolute Gasteiger partial charge is 0.317 e. The number of hydrogen-bond acceptors (Lipinski definition) is 3. The fourth-order valence-corrected chi connectivity index (χ4v) is 3.75. The highest BCUT2D eigenvalue weighted by Gasteiger charge is 2.15. The Morgan fingerprint density at radius 3 is 1.63 bits per heavy atom. The Morgan fingerprint density at radius 2 is 1.17 bits per heavy atom. The van der Waals surface area contributed by atoms with Crippen molar-refractivity contribution in [1.82, 2.24) is 10.6 Å². The molecule has 0 saturated carbocycles. The summed E-state index contributed by atoms with van der Waals surface area (Å²) in [5.41, 5.74) is 2.77. The number of piperidine rings is 2. The van der Waals surface area contributed by atoms with Crippen molar-refractivity contribution in [2.24, 2.45) is 0 Å². The first-order valence-electron chi connectivity index (χ1n) is 13.7. The van der Waals surface area contributed by atoms with Gasteiger partial charge in [-0.15, -0.1) is 0 Å². The maximum Gasteiger partial charge on any atom is 0.126 e. The summed E-state index contributed by atoms with van der Waals surface area (Å²) < 4.78 is 12.6. The zero-order valence-electron chi connectivity index (χ0n) is 23.8. The smallest absolute Gasteiger partial charge is 0.126 e. The molecule has 0 radical (unpaired) electrons. The van der Waals surface area contributed by atoms with Gasteiger partial charge in [0.15, 0.2) is 0 Å². The lowest BCUT2D eigenvalue weighted by Crippen LogP contribution is -2.28. The van der Waals surface area contributed by atoms with Crippen LogP contribution in [0.15, 0.2) is 54.6 Å². The van der Waals surface area contributed by atoms with Crippen molar-refractivity contribution in [2.45, 2.75) is 92.9 Å². The van der Waals surface area contributed by atoms with Crippen LogP contribution in [0, 0.1) is 5.82 Å². The molecule has 1 unspecified atom stereocenters. The van der Waals surface area contributed by atoms with Crippen molar-refractivity contribution in [1.29, 1.82) is 0 Å². The molecule has 4 rings (SSSR count). The van der Waals surface area contributed by atoms with Crippen LogP contribution in [0.1, 0.15) is 104 Å². The molecule has 2 N–H and O–H groups in total. The van der Waals surface area contributed by atoms with Crippen LogP contribution in [0.4, 0.5) is 4.39 Å². The van der Waals surface area contributed by atoms with Crippen LogP contribution in [0.2, 0.25) is 0 Å². The number of nitrogens with one attached hydrogen (secondary N) is 2. The first kappa shape index (κ1) is 35.1. The van der Waals surface area contributed by atoms with Gasteiger partial charge in [0.2, 0.25) is 0 Å². The first-order valence-corrected chi connectivity index (χ1v) is 13.7. The quantitative estimate of drug-likeness (QED) is 0.448. The summed E-state index contributed by atoms with van der Waals surface area (Å²) in [5, 5.41) is 6.74. The molecule has 0 bridgehead atoms. The molecule has 0 amide bonds. The molecular weight excluding hydrogens is 435 g/mol. The summed E-state index contributed by atoms with van der Waals surface area (Å²) in [6.07, 6.45) is 5.04. The van der Waals surface area contributed by atoms with Crippen LogP contribution in [-0.4, -0.2) is 32.0 Å². The van der Waals surface area contributed by atoms with Crippen molar-refractivity contribution in [3.8, 4) is 0 Å². The number of Topliss-reactive ketones (excluding diaryl/α,β-unsaturated/α-hetero) is 1. The third-order valence-electron chi connectivity index (χ3n) is 5.25. The molecule has 200 valence electrons. The second kappa shape index (κ2) is 25.1. The molecule has 2 saturated heterocycles. The highest BCUT2D eigenvalue weighted by molar-refractivity contribution is 5.72. The van der Waals surface area contributed by atoms with Gasteiger partial charge in [-0.1, -0.05) is 84.0 Å². The highest BCUT2D eigenvalue weighted by Crippen LogP contribution is 2.24. The fraction of sp³-hybridized carbons (Fsp3) is 0.581. The molecule has 0 spiro atoms. The summed E-state index contributed by atoms with van der Waals surface area (Å²) in [6.45, 7) is 19.6. The molecule has 1 atom stereocenters. The lowest BCUT2D eigenvalue weighted by molar-refractivity contribution is -0.114. The van der Waals surface area contributed by atoms with E-state index in [-0.39, 0.29) is 11.6 Å². The fourth-order valence-electron chi connectivity index (χ4n) is 3.75. The molecular formula is C31H53FN2O. The van der Waals surface area contributed by atoms with Crippen LogP contribution in [0.25, 0.3) is 0 Å². The number of halogens is 1. The Kier molecular flexibility index (Phi) is 25.2. The van der Waals surface area contributed by atoms with Crippen molar-refractivity contribution >= 4 is 5.78 Å². The zero-order valence-corrected chi connectivity index (χ0v) is 23.8. The normalized spacial score (nSPS) is 16.4. The van der Waals surface area contributed by atoms with Gasteiger partial charge in [0.05, 0.1) is 0 Å². The average molecular weight is 489 g/mol. The number of rotatable bonds is 2. The predicted octanol–water partition coefficient (Wildman–Crippen LogP) is 8.12. The van der Waals surface area contributed by atoms with Crippen LogP contribution >= 0.6 is 0 Å². The number of hydrogen-bond donors (Lipinski definition) is 2. The van der Waals surface area contributed by atoms with Gasteiger partial charge in [-0.05, 0) is 94.3 Å². The predicted molar refractivity (Wildman–Crippen MR) is 153 cm³/mol. The molecule has 2 fully saturated rings. The third-order valence-corrected chi connectivity index (χ3v) is 5.25. The van der Waals surface area contributed by atoms with Crippen molar-refractivity contribution in [2.75, 3.05) is 26.2 Å². The topological polar surface area (TPSA) is 41.1 Å². The molecule has 2 aromatic carbocycles. The molecule has 2 heterocycles. The number of benzene rings is 2. The number of carbonyl (C=O) groups excluding carboxylic acids is 1. The SMILES string of the molecule is CC.CC.CC.CC(C)=O.Fc1ccc(C2CCCNC2)cc1.c1ccc(C2CCNCC2)cc1. The van der Waals surface area contributed by atoms with E-state index in [4.69, 9.17) is 0 Å². The summed E-state index contributed by atoms with van der Waals surface area (Å²) in [6, 6.07) is 17.7. The summed E-state index contributed by atoms with van der Waals surface area (Å²) in [5.74, 6) is 1.40. The van der Waals surface area contributed by atoms with Gasteiger partial charge in [0, 0.05) is 6.54 Å². The maximum absolute atomic E-state index is 12.6. The lowest BCUT2D eigenvalue weighted by atomic mass is 9.90. The molecule has 2 aromatic rings. The van der Waals surface area contributed by atoms with E-state index in [1.165, 1.54) is 63.7 Å². The first-order chi connectivity index (χ1) is 17.1. The van der Waals surface area contributed by atoms with Crippen LogP contribution in [0.5, 0.6) is 0 Å². The van der Waals surface area contributed by atoms with E-state index in [0.29, 0.717) is 5.92 Å². The van der Waals surface area contributed by atoms with Crippen LogP contribution < -0.4 is 10.6 Å². The van der Waals surface area contributed by atoms with Gasteiger partial charge in [-0.2, -0.15) is 0 Å². The second-order valence-electron chi connectivity index (χ2n) is 7.94. The van der Waals surface area contributed by atoms with Crippen molar-refractivity contribution in [3.63, 3.8) is 0 Å². The van der Waals surface area contributed by atoms with E-state index in [1.54, 1.807) is 12.1 Å². The van der Waals surface area contributed by atoms with E-state index < -0.39 is 0 Å². The monoisotopic (exact) mass is 488 g/mol. The van der Waals surface area contributed by atoms with E-state index in [0.717, 1.165) is 19.0 Å². The molecule has 2 aliphatic rings. The van der Waals surface area contributed by atoms with Crippen molar-refractivity contribution < 1.29 is 9.18 Å². The zero-order chi connectivity index (χ0) is 26.9. The second-order valence-corrected chi connectivity index (χ2v) is 7.94. The van der Waals surface area contributed by atoms with E-state index in [2.05, 4.69) is 41.0 Å². The van der Waals surface area contributed by atoms with Gasteiger partial charge in [-0.25, -0.2) is 4.39 Å². The van der Waals surface area contributed by atoms with Gasteiger partial charge in [-0.3, -0.25) is 0 Å². The molecule has 0 aromatic heterocycles. The molecule has 3 nitrogen and oxygen atoms in total. The Bertz CT molecular complexity index is 688. The van der Waals surface area contributed by atoms with E-state index in [9.17, 15) is 9.18 Å². The van der Waals surface area contributed by atoms with Gasteiger partial charge < -0.3 is 15.4 Å². The molecule has 35 heavy (non-hydrogen) atoms. The molecule has 4 heteroatoms. The Hall–Kier alpha value is -2.04. The third kappa shape index (κ3) is 18.0. The minimum atomic E-state index is -0.146. The Morgan fingerprint density at radius 1 is 0.686 bits per heavy atom. The highest BCUT2D eigenvalue weighted by atomic mass is 19.1. The van der Waals surface area contributed by atoms with Gasteiger partial charge >= 0.3 is 0 Å². The van der Waals surface area contributed by atoms with Crippen LogP contribution in [-0.2, 0) is 4.79 Å². The Labute approximate surface area is 216 Å². The lowest BCUT2D eigenvalue weighted by Gasteiger charge is -2.22. The number of carbonyl (C=O) groups is 1. The van der Waals surface area contributed by atoms with E-state index in [1.807, 2.05) is 53.7 Å². The summed E-state index contributed by atoms with van der Waals surface area (Å²) >= 11 is 0. The van der Waals surface area contributed by atoms with Gasteiger partial charge in [0.25, 0.3) is 0 Å². The number of ketones is 1. The summed E-state index contributed by atoms with van der Waals surface area (Å²) in [7, 11) is 0. The van der Waals surface area contributed by atoms with Crippen LogP contribution in [0.3, 0.4) is 0 Å². The summed E-state index contributed by atoms with van der Waals surface area (Å²) in [4.78, 5) is 9.44. The minimum Gasteiger partial charge on any atom is -0.317 e. The molecule has 2 aliphatic heterocycles. The van der Waals surface area contributed by atoms with Crippen molar-refractivity contribution in [3.05, 3.63) is 71.5 Å². The standard InChI is InChI=1S/C11H14FN.C11H15N.C3H6O.3C2H6/c12-11-5-3-9(4-6-11)10-2-1-7-13-8-10;1-2-4-10(5-3-1)11-6-8-12-9-7-11;1-3(2)4;3*1-2/h3-6,10,13H,1-2,7-8H2;1-5,11-12H,6-9H2;1-2H3;3*1-2H3. The van der Waals surface area contributed by atoms with E-state index >= 15 is 0 Å². The Balaban J connectivity index is 0.